The third kappa shape index (κ3) is 4.18. The predicted molar refractivity (Wildman–Crippen MR) is 88.2 cm³/mol. The molecule has 112 valence electrons. The lowest BCUT2D eigenvalue weighted by Gasteiger charge is -2.21. The van der Waals surface area contributed by atoms with Gasteiger partial charge in [-0.3, -0.25) is 4.79 Å². The lowest BCUT2D eigenvalue weighted by Crippen LogP contribution is -2.29. The van der Waals surface area contributed by atoms with Crippen LogP contribution >= 0.6 is 34.7 Å². The standard InChI is InChI=1S/C14H16ClN3OS2/c1-4-14(2,3)12(19)17-9-5-6-11(10(15)7-9)21-13-18-16-8-20-13/h5-8H,4H2,1-3H3,(H,17,19). The van der Waals surface area contributed by atoms with Crippen molar-refractivity contribution in [3.8, 4) is 0 Å². The van der Waals surface area contributed by atoms with Gasteiger partial charge in [-0.2, -0.15) is 0 Å². The van der Waals surface area contributed by atoms with Gasteiger partial charge in [-0.15, -0.1) is 10.2 Å². The summed E-state index contributed by atoms with van der Waals surface area (Å²) in [5.74, 6) is -0.00871. The fourth-order valence-electron chi connectivity index (χ4n) is 1.42. The summed E-state index contributed by atoms with van der Waals surface area (Å²) in [5.41, 5.74) is 1.98. The number of nitrogens with zero attached hydrogens (tertiary/aromatic N) is 2. The molecular formula is C14H16ClN3OS2. The second-order valence-corrected chi connectivity index (χ2v) is 7.67. The molecule has 1 aromatic carbocycles. The van der Waals surface area contributed by atoms with Gasteiger partial charge in [0.2, 0.25) is 5.91 Å². The smallest absolute Gasteiger partial charge is 0.230 e. The summed E-state index contributed by atoms with van der Waals surface area (Å²) in [4.78, 5) is 13.0. The predicted octanol–water partition coefficient (Wildman–Crippen LogP) is 4.72. The first-order chi connectivity index (χ1) is 9.92. The zero-order valence-corrected chi connectivity index (χ0v) is 14.4. The largest absolute Gasteiger partial charge is 0.326 e. The maximum absolute atomic E-state index is 12.1. The Morgan fingerprint density at radius 2 is 2.24 bits per heavy atom. The van der Waals surface area contributed by atoms with Gasteiger partial charge >= 0.3 is 0 Å². The first kappa shape index (κ1) is 16.3. The van der Waals surface area contributed by atoms with Crippen molar-refractivity contribution in [3.63, 3.8) is 0 Å². The van der Waals surface area contributed by atoms with Gasteiger partial charge in [0.15, 0.2) is 4.34 Å². The number of carbonyl (C=O) groups excluding carboxylic acids is 1. The molecule has 0 aliphatic rings. The minimum Gasteiger partial charge on any atom is -0.326 e. The molecule has 2 rings (SSSR count). The van der Waals surface area contributed by atoms with Crippen LogP contribution in [0.4, 0.5) is 5.69 Å². The molecule has 0 radical (unpaired) electrons. The number of amides is 1. The van der Waals surface area contributed by atoms with E-state index in [1.165, 1.54) is 23.1 Å². The Balaban J connectivity index is 2.10. The van der Waals surface area contributed by atoms with Crippen LogP contribution in [0.3, 0.4) is 0 Å². The number of aromatic nitrogens is 2. The molecule has 0 bridgehead atoms. The summed E-state index contributed by atoms with van der Waals surface area (Å²) in [6, 6.07) is 5.48. The van der Waals surface area contributed by atoms with Crippen LogP contribution in [-0.2, 0) is 4.79 Å². The zero-order chi connectivity index (χ0) is 15.5. The first-order valence-corrected chi connectivity index (χ1v) is 8.55. The van der Waals surface area contributed by atoms with Crippen molar-refractivity contribution >= 4 is 46.3 Å². The lowest BCUT2D eigenvalue weighted by atomic mass is 9.89. The van der Waals surface area contributed by atoms with Crippen LogP contribution in [0.25, 0.3) is 0 Å². The second kappa shape index (κ2) is 6.77. The van der Waals surface area contributed by atoms with Crippen LogP contribution in [-0.4, -0.2) is 16.1 Å². The Bertz CT molecular complexity index is 629. The molecule has 2 aromatic rings. The van der Waals surface area contributed by atoms with Crippen LogP contribution in [0.15, 0.2) is 32.9 Å². The van der Waals surface area contributed by atoms with Gasteiger partial charge in [-0.05, 0) is 24.6 Å². The molecule has 0 aliphatic carbocycles. The minimum absolute atomic E-state index is 0.00871. The molecule has 0 unspecified atom stereocenters. The van der Waals surface area contributed by atoms with Crippen molar-refractivity contribution < 1.29 is 4.79 Å². The number of hydrogen-bond acceptors (Lipinski definition) is 5. The summed E-state index contributed by atoms with van der Waals surface area (Å²) in [6.45, 7) is 5.83. The average Bonchev–Trinajstić information content (AvgIpc) is 2.94. The maximum Gasteiger partial charge on any atom is 0.230 e. The van der Waals surface area contributed by atoms with Gasteiger partial charge in [-0.25, -0.2) is 0 Å². The normalized spacial score (nSPS) is 11.4. The fourth-order valence-corrected chi connectivity index (χ4v) is 3.16. The highest BCUT2D eigenvalue weighted by Gasteiger charge is 2.25. The van der Waals surface area contributed by atoms with E-state index >= 15 is 0 Å². The molecule has 0 spiro atoms. The molecule has 0 fully saturated rings. The van der Waals surface area contributed by atoms with Gasteiger partial charge in [0.05, 0.1) is 5.02 Å². The van der Waals surface area contributed by atoms with E-state index in [2.05, 4.69) is 15.5 Å². The van der Waals surface area contributed by atoms with Gasteiger partial charge in [0, 0.05) is 16.0 Å². The second-order valence-electron chi connectivity index (χ2n) is 5.14. The fraction of sp³-hybridized carbons (Fsp3) is 0.357. The number of halogens is 1. The van der Waals surface area contributed by atoms with Crippen molar-refractivity contribution in [2.24, 2.45) is 5.41 Å². The summed E-state index contributed by atoms with van der Waals surface area (Å²) in [7, 11) is 0. The third-order valence-corrected chi connectivity index (χ3v) is 5.50. The molecule has 0 saturated carbocycles. The molecular weight excluding hydrogens is 326 g/mol. The minimum atomic E-state index is -0.396. The molecule has 4 nitrogen and oxygen atoms in total. The Hall–Kier alpha value is -1.11. The molecule has 7 heteroatoms. The first-order valence-electron chi connectivity index (χ1n) is 6.47. The highest BCUT2D eigenvalue weighted by molar-refractivity contribution is 8.01. The Labute approximate surface area is 137 Å². The van der Waals surface area contributed by atoms with E-state index in [-0.39, 0.29) is 5.91 Å². The number of nitrogens with one attached hydrogen (secondary N) is 1. The molecule has 0 atom stereocenters. The monoisotopic (exact) mass is 341 g/mol. The average molecular weight is 342 g/mol. The zero-order valence-electron chi connectivity index (χ0n) is 12.0. The maximum atomic E-state index is 12.1. The summed E-state index contributed by atoms with van der Waals surface area (Å²) in [6.07, 6.45) is 0.775. The van der Waals surface area contributed by atoms with Crippen molar-refractivity contribution in [1.29, 1.82) is 0 Å². The van der Waals surface area contributed by atoms with Crippen molar-refractivity contribution in [2.75, 3.05) is 5.32 Å². The molecule has 0 saturated heterocycles. The molecule has 1 N–H and O–H groups in total. The van der Waals surface area contributed by atoms with E-state index in [4.69, 9.17) is 11.6 Å². The van der Waals surface area contributed by atoms with E-state index in [0.717, 1.165) is 15.7 Å². The topological polar surface area (TPSA) is 54.9 Å². The molecule has 1 aromatic heterocycles. The summed E-state index contributed by atoms with van der Waals surface area (Å²) >= 11 is 9.18. The van der Waals surface area contributed by atoms with Crippen molar-refractivity contribution in [2.45, 2.75) is 36.4 Å². The van der Waals surface area contributed by atoms with Crippen molar-refractivity contribution in [1.82, 2.24) is 10.2 Å². The highest BCUT2D eigenvalue weighted by atomic mass is 35.5. The molecule has 1 heterocycles. The van der Waals surface area contributed by atoms with Crippen LogP contribution in [0.5, 0.6) is 0 Å². The van der Waals surface area contributed by atoms with E-state index in [0.29, 0.717) is 10.7 Å². The van der Waals surface area contributed by atoms with Gasteiger partial charge in [0.25, 0.3) is 0 Å². The summed E-state index contributed by atoms with van der Waals surface area (Å²) in [5, 5.41) is 11.2. The number of carbonyl (C=O) groups is 1. The van der Waals surface area contributed by atoms with Gasteiger partial charge < -0.3 is 5.32 Å². The molecule has 1 amide bonds. The lowest BCUT2D eigenvalue weighted by molar-refractivity contribution is -0.124. The van der Waals surface area contributed by atoms with Gasteiger partial charge in [-0.1, -0.05) is 55.5 Å². The van der Waals surface area contributed by atoms with Crippen LogP contribution in [0.1, 0.15) is 27.2 Å². The van der Waals surface area contributed by atoms with Crippen molar-refractivity contribution in [3.05, 3.63) is 28.7 Å². The highest BCUT2D eigenvalue weighted by Crippen LogP contribution is 2.35. The number of benzene rings is 1. The van der Waals surface area contributed by atoms with E-state index in [1.807, 2.05) is 32.9 Å². The number of anilines is 1. The quantitative estimate of drug-likeness (QED) is 0.855. The van der Waals surface area contributed by atoms with Crippen LogP contribution < -0.4 is 5.32 Å². The molecule has 21 heavy (non-hydrogen) atoms. The van der Waals surface area contributed by atoms with Gasteiger partial charge in [0.1, 0.15) is 5.51 Å². The number of hydrogen-bond donors (Lipinski definition) is 1. The Kier molecular flexibility index (Phi) is 5.24. The van der Waals surface area contributed by atoms with E-state index in [1.54, 1.807) is 11.6 Å². The number of rotatable bonds is 5. The third-order valence-electron chi connectivity index (χ3n) is 3.23. The molecule has 0 aliphatic heterocycles. The van der Waals surface area contributed by atoms with Crippen LogP contribution in [0.2, 0.25) is 5.02 Å². The SMILES string of the molecule is CCC(C)(C)C(=O)Nc1ccc(Sc2nncs2)c(Cl)c1. The Morgan fingerprint density at radius 3 is 2.81 bits per heavy atom. The van der Waals surface area contributed by atoms with E-state index in [9.17, 15) is 4.79 Å². The Morgan fingerprint density at radius 1 is 1.48 bits per heavy atom. The summed E-state index contributed by atoms with van der Waals surface area (Å²) < 4.78 is 0.834. The van der Waals surface area contributed by atoms with E-state index < -0.39 is 5.41 Å². The van der Waals surface area contributed by atoms with Crippen LogP contribution in [0, 0.1) is 5.41 Å².